The van der Waals surface area contributed by atoms with Crippen LogP contribution in [0.3, 0.4) is 0 Å². The number of carbonyl (C=O) groups excluding carboxylic acids is 1. The van der Waals surface area contributed by atoms with E-state index in [1.165, 1.54) is 19.1 Å². The van der Waals surface area contributed by atoms with E-state index in [9.17, 15) is 4.79 Å². The lowest BCUT2D eigenvalue weighted by Crippen LogP contribution is -2.34. The van der Waals surface area contributed by atoms with Crippen molar-refractivity contribution in [1.29, 1.82) is 0 Å². The topological polar surface area (TPSA) is 85.4 Å². The third-order valence-electron chi connectivity index (χ3n) is 4.54. The van der Waals surface area contributed by atoms with E-state index < -0.39 is 6.29 Å². The number of rotatable bonds is 9. The lowest BCUT2D eigenvalue weighted by Gasteiger charge is -2.14. The second-order valence-electron chi connectivity index (χ2n) is 6.57. The van der Waals surface area contributed by atoms with Crippen molar-refractivity contribution in [3.8, 4) is 0 Å². The van der Waals surface area contributed by atoms with Crippen molar-refractivity contribution in [2.24, 2.45) is 0 Å². The van der Waals surface area contributed by atoms with E-state index in [1.54, 1.807) is 11.3 Å². The van der Waals surface area contributed by atoms with Crippen molar-refractivity contribution in [3.05, 3.63) is 52.2 Å². The Morgan fingerprint density at radius 1 is 1.17 bits per heavy atom. The quantitative estimate of drug-likeness (QED) is 0.521. The summed E-state index contributed by atoms with van der Waals surface area (Å²) in [6, 6.07) is 9.64. The molecule has 2 aromatic heterocycles. The molecule has 3 aromatic rings. The van der Waals surface area contributed by atoms with Crippen LogP contribution in [0.5, 0.6) is 0 Å². The van der Waals surface area contributed by atoms with Gasteiger partial charge in [-0.3, -0.25) is 4.79 Å². The molecule has 0 bridgehead atoms. The first kappa shape index (κ1) is 21.2. The van der Waals surface area contributed by atoms with Crippen molar-refractivity contribution >= 4 is 33.3 Å². The van der Waals surface area contributed by atoms with E-state index in [4.69, 9.17) is 9.47 Å². The lowest BCUT2D eigenvalue weighted by molar-refractivity contribution is -0.0974. The average molecular weight is 415 g/mol. The van der Waals surface area contributed by atoms with E-state index >= 15 is 0 Å². The molecule has 1 amide bonds. The molecular formula is C21H26N4O3S. The zero-order chi connectivity index (χ0) is 20.8. The van der Waals surface area contributed by atoms with E-state index in [0.717, 1.165) is 33.8 Å². The van der Waals surface area contributed by atoms with Crippen molar-refractivity contribution in [2.75, 3.05) is 26.1 Å². The van der Waals surface area contributed by atoms with Crippen LogP contribution in [0.1, 0.15) is 33.5 Å². The van der Waals surface area contributed by atoms with Crippen molar-refractivity contribution < 1.29 is 14.3 Å². The summed E-state index contributed by atoms with van der Waals surface area (Å²) in [6.45, 7) is 4.94. The molecule has 2 heterocycles. The van der Waals surface area contributed by atoms with Crippen molar-refractivity contribution in [2.45, 2.75) is 33.1 Å². The summed E-state index contributed by atoms with van der Waals surface area (Å²) >= 11 is 1.71. The fourth-order valence-electron chi connectivity index (χ4n) is 2.89. The second kappa shape index (κ2) is 9.78. The molecule has 0 atom stereocenters. The smallest absolute Gasteiger partial charge is 0.251 e. The minimum atomic E-state index is -0.457. The number of hydrogen-bond acceptors (Lipinski definition) is 7. The van der Waals surface area contributed by atoms with Crippen LogP contribution in [0.15, 0.2) is 30.3 Å². The van der Waals surface area contributed by atoms with E-state index in [0.29, 0.717) is 18.7 Å². The predicted octanol–water partition coefficient (Wildman–Crippen LogP) is 3.52. The fourth-order valence-corrected chi connectivity index (χ4v) is 3.90. The Morgan fingerprint density at radius 2 is 1.90 bits per heavy atom. The average Bonchev–Trinajstić information content (AvgIpc) is 3.16. The summed E-state index contributed by atoms with van der Waals surface area (Å²) in [5, 5.41) is 7.26. The Kier molecular flexibility index (Phi) is 7.13. The van der Waals surface area contributed by atoms with E-state index in [1.807, 2.05) is 31.2 Å². The first-order valence-corrected chi connectivity index (χ1v) is 10.3. The highest BCUT2D eigenvalue weighted by molar-refractivity contribution is 7.18. The van der Waals surface area contributed by atoms with Crippen LogP contribution in [0, 0.1) is 6.92 Å². The molecule has 3 rings (SSSR count). The third-order valence-corrected chi connectivity index (χ3v) is 5.71. The zero-order valence-corrected chi connectivity index (χ0v) is 17.9. The Morgan fingerprint density at radius 3 is 2.55 bits per heavy atom. The number of carbonyl (C=O) groups is 1. The Hall–Kier alpha value is -2.55. The minimum absolute atomic E-state index is 0.165. The molecule has 29 heavy (non-hydrogen) atoms. The van der Waals surface area contributed by atoms with Gasteiger partial charge in [0.2, 0.25) is 0 Å². The van der Waals surface area contributed by atoms with Gasteiger partial charge in [-0.15, -0.1) is 11.3 Å². The van der Waals surface area contributed by atoms with Gasteiger partial charge >= 0.3 is 0 Å². The molecule has 154 valence electrons. The molecular weight excluding hydrogens is 388 g/mol. The number of aromatic nitrogens is 2. The number of ether oxygens (including phenoxy) is 2. The molecule has 2 N–H and O–H groups in total. The molecule has 0 aliphatic rings. The number of benzene rings is 1. The summed E-state index contributed by atoms with van der Waals surface area (Å²) in [5.74, 6) is 1.43. The van der Waals surface area contributed by atoms with Crippen LogP contribution >= 0.6 is 11.3 Å². The largest absolute Gasteiger partial charge is 0.365 e. The van der Waals surface area contributed by atoms with Crippen LogP contribution in [0.2, 0.25) is 0 Å². The number of amides is 1. The molecule has 0 unspecified atom stereocenters. The van der Waals surface area contributed by atoms with Crippen LogP contribution < -0.4 is 10.6 Å². The number of nitrogens with one attached hydrogen (secondary N) is 2. The summed E-state index contributed by atoms with van der Waals surface area (Å²) in [5.41, 5.74) is 1.65. The molecule has 0 saturated heterocycles. The monoisotopic (exact) mass is 414 g/mol. The molecule has 0 aliphatic heterocycles. The highest BCUT2D eigenvalue weighted by atomic mass is 32.1. The van der Waals surface area contributed by atoms with Gasteiger partial charge in [-0.25, -0.2) is 9.97 Å². The third kappa shape index (κ3) is 5.29. The van der Waals surface area contributed by atoms with Gasteiger partial charge in [0.05, 0.1) is 11.9 Å². The summed E-state index contributed by atoms with van der Waals surface area (Å²) in [6.07, 6.45) is 0.527. The van der Waals surface area contributed by atoms with Gasteiger partial charge in [0.1, 0.15) is 16.5 Å². The number of nitrogens with zero attached hydrogens (tertiary/aromatic N) is 2. The van der Waals surface area contributed by atoms with Gasteiger partial charge in [-0.05, 0) is 37.1 Å². The van der Waals surface area contributed by atoms with Gasteiger partial charge in [0, 0.05) is 31.2 Å². The normalized spacial score (nSPS) is 11.2. The van der Waals surface area contributed by atoms with Gasteiger partial charge in [-0.1, -0.05) is 19.1 Å². The zero-order valence-electron chi connectivity index (χ0n) is 17.1. The maximum Gasteiger partial charge on any atom is 0.251 e. The standard InChI is InChI=1S/C21H26N4O3S/c1-5-16-10-17-19(24-13(2)25-21(17)29-16)22-11-14-6-8-15(9-7-14)20(26)23-12-18(27-3)28-4/h6-10,18H,5,11-12H2,1-4H3,(H,23,26)(H,22,24,25). The number of thiophene rings is 1. The first-order chi connectivity index (χ1) is 14.0. The van der Waals surface area contributed by atoms with Crippen LogP contribution in [-0.4, -0.2) is 42.9 Å². The molecule has 0 radical (unpaired) electrons. The van der Waals surface area contributed by atoms with Gasteiger partial charge < -0.3 is 20.1 Å². The Bertz CT molecular complexity index is 968. The summed E-state index contributed by atoms with van der Waals surface area (Å²) < 4.78 is 10.1. The summed E-state index contributed by atoms with van der Waals surface area (Å²) in [4.78, 5) is 23.6. The Labute approximate surface area is 174 Å². The SMILES string of the molecule is CCc1cc2c(NCc3ccc(C(=O)NCC(OC)OC)cc3)nc(C)nc2s1. The molecule has 0 saturated carbocycles. The fraction of sp³-hybridized carbons (Fsp3) is 0.381. The predicted molar refractivity (Wildman–Crippen MR) is 115 cm³/mol. The Balaban J connectivity index is 1.64. The molecule has 0 aliphatic carbocycles. The number of methoxy groups -OCH3 is 2. The minimum Gasteiger partial charge on any atom is -0.365 e. The van der Waals surface area contributed by atoms with Crippen LogP contribution in [0.4, 0.5) is 5.82 Å². The van der Waals surface area contributed by atoms with Gasteiger partial charge in [-0.2, -0.15) is 0 Å². The van der Waals surface area contributed by atoms with E-state index in [2.05, 4.69) is 33.6 Å². The van der Waals surface area contributed by atoms with Gasteiger partial charge in [0.25, 0.3) is 5.91 Å². The van der Waals surface area contributed by atoms with Crippen molar-refractivity contribution in [1.82, 2.24) is 15.3 Å². The van der Waals surface area contributed by atoms with Crippen LogP contribution in [-0.2, 0) is 22.4 Å². The highest BCUT2D eigenvalue weighted by Gasteiger charge is 2.11. The van der Waals surface area contributed by atoms with Crippen LogP contribution in [0.25, 0.3) is 10.2 Å². The molecule has 8 heteroatoms. The summed E-state index contributed by atoms with van der Waals surface area (Å²) in [7, 11) is 3.07. The number of hydrogen-bond donors (Lipinski definition) is 2. The molecule has 7 nitrogen and oxygen atoms in total. The van der Waals surface area contributed by atoms with Crippen molar-refractivity contribution in [3.63, 3.8) is 0 Å². The number of anilines is 1. The second-order valence-corrected chi connectivity index (χ2v) is 7.68. The lowest BCUT2D eigenvalue weighted by atomic mass is 10.1. The highest BCUT2D eigenvalue weighted by Crippen LogP contribution is 2.29. The number of fused-ring (bicyclic) bond motifs is 1. The van der Waals surface area contributed by atoms with E-state index in [-0.39, 0.29) is 5.91 Å². The number of aryl methyl sites for hydroxylation is 2. The first-order valence-electron chi connectivity index (χ1n) is 9.47. The van der Waals surface area contributed by atoms with Gasteiger partial charge in [0.15, 0.2) is 6.29 Å². The maximum atomic E-state index is 12.2. The molecule has 1 aromatic carbocycles. The maximum absolute atomic E-state index is 12.2. The molecule has 0 fully saturated rings. The molecule has 0 spiro atoms.